The van der Waals surface area contributed by atoms with Crippen molar-refractivity contribution in [3.05, 3.63) is 11.4 Å². The van der Waals surface area contributed by atoms with Crippen LogP contribution in [0.2, 0.25) is 0 Å². The summed E-state index contributed by atoms with van der Waals surface area (Å²) in [4.78, 5) is 9.01. The van der Waals surface area contributed by atoms with Crippen LogP contribution in [-0.4, -0.2) is 34.3 Å². The zero-order valence-corrected chi connectivity index (χ0v) is 12.7. The van der Waals surface area contributed by atoms with E-state index in [2.05, 4.69) is 34.4 Å². The summed E-state index contributed by atoms with van der Waals surface area (Å²) >= 11 is 0. The normalized spacial score (nSPS) is 11.5. The second-order valence-electron chi connectivity index (χ2n) is 4.84. The van der Waals surface area contributed by atoms with Gasteiger partial charge in [-0.3, -0.25) is 0 Å². The van der Waals surface area contributed by atoms with E-state index < -0.39 is 0 Å². The van der Waals surface area contributed by atoms with E-state index in [4.69, 9.17) is 0 Å². The summed E-state index contributed by atoms with van der Waals surface area (Å²) in [5, 5.41) is 16.2. The smallest absolute Gasteiger partial charge is 0.135 e. The zero-order valence-electron chi connectivity index (χ0n) is 12.7. The molecule has 1 heterocycles. The Balaban J connectivity index is 3.18. The number of rotatable bonds is 7. The highest BCUT2D eigenvalue weighted by atomic mass is 16.3. The molecule has 0 aliphatic rings. The van der Waals surface area contributed by atoms with Gasteiger partial charge in [0, 0.05) is 19.0 Å². The van der Waals surface area contributed by atoms with Crippen molar-refractivity contribution < 1.29 is 5.11 Å². The van der Waals surface area contributed by atoms with Crippen molar-refractivity contribution in [2.75, 3.05) is 24.3 Å². The monoisotopic (exact) mass is 266 g/mol. The van der Waals surface area contributed by atoms with Crippen molar-refractivity contribution >= 4 is 11.6 Å². The zero-order chi connectivity index (χ0) is 14.5. The molecule has 0 atom stereocenters. The van der Waals surface area contributed by atoms with Gasteiger partial charge in [0.25, 0.3) is 0 Å². The van der Waals surface area contributed by atoms with Gasteiger partial charge in [0.15, 0.2) is 0 Å². The molecule has 19 heavy (non-hydrogen) atoms. The first-order valence-electron chi connectivity index (χ1n) is 7.00. The summed E-state index contributed by atoms with van der Waals surface area (Å²) in [5.41, 5.74) is 0.675. The summed E-state index contributed by atoms with van der Waals surface area (Å²) in [6, 6.07) is 0. The van der Waals surface area contributed by atoms with E-state index in [9.17, 15) is 5.11 Å². The molecule has 0 radical (unpaired) electrons. The predicted octanol–water partition coefficient (Wildman–Crippen LogP) is 2.35. The van der Waals surface area contributed by atoms with E-state index in [1.165, 1.54) is 0 Å². The maximum atomic E-state index is 9.66. The summed E-state index contributed by atoms with van der Waals surface area (Å²) in [7, 11) is 1.86. The number of hydrogen-bond donors (Lipinski definition) is 3. The predicted molar refractivity (Wildman–Crippen MR) is 79.7 cm³/mol. The molecule has 0 amide bonds. The Morgan fingerprint density at radius 3 is 2.11 bits per heavy atom. The third-order valence-electron chi connectivity index (χ3n) is 3.78. The minimum Gasteiger partial charge on any atom is -0.394 e. The van der Waals surface area contributed by atoms with Gasteiger partial charge in [-0.1, -0.05) is 20.8 Å². The summed E-state index contributed by atoms with van der Waals surface area (Å²) < 4.78 is 0. The molecule has 0 unspecified atom stereocenters. The Kier molecular flexibility index (Phi) is 5.54. The van der Waals surface area contributed by atoms with Crippen LogP contribution in [-0.2, 0) is 6.42 Å². The molecule has 0 spiro atoms. The molecule has 5 heteroatoms. The molecule has 5 nitrogen and oxygen atoms in total. The topological polar surface area (TPSA) is 70.1 Å². The molecule has 0 aromatic carbocycles. The van der Waals surface area contributed by atoms with Gasteiger partial charge < -0.3 is 15.7 Å². The van der Waals surface area contributed by atoms with E-state index in [1.807, 2.05) is 20.9 Å². The second kappa shape index (κ2) is 6.70. The highest BCUT2D eigenvalue weighted by Crippen LogP contribution is 2.26. The lowest BCUT2D eigenvalue weighted by Gasteiger charge is -2.32. The van der Waals surface area contributed by atoms with Gasteiger partial charge in [0.05, 0.1) is 12.1 Å². The summed E-state index contributed by atoms with van der Waals surface area (Å²) in [6.45, 7) is 8.26. The maximum absolute atomic E-state index is 9.66. The van der Waals surface area contributed by atoms with E-state index in [0.29, 0.717) is 0 Å². The number of anilines is 2. The second-order valence-corrected chi connectivity index (χ2v) is 4.84. The Morgan fingerprint density at radius 1 is 1.11 bits per heavy atom. The number of aromatic nitrogens is 2. The minimum absolute atomic E-state index is 0.0970. The fourth-order valence-corrected chi connectivity index (χ4v) is 2.03. The lowest BCUT2D eigenvalue weighted by atomic mass is 9.93. The Hall–Kier alpha value is -1.36. The molecule has 0 bridgehead atoms. The molecule has 0 saturated heterocycles. The standard InChI is InChI=1S/C14H26N4O/c1-6-11-16-12(15-5)10(4)13(17-11)18-14(7-2,8-3)9-19/h19H,6-9H2,1-5H3,(H2,15,16,17,18). The fourth-order valence-electron chi connectivity index (χ4n) is 2.03. The van der Waals surface area contributed by atoms with Crippen LogP contribution >= 0.6 is 0 Å². The van der Waals surface area contributed by atoms with Crippen LogP contribution in [0.5, 0.6) is 0 Å². The van der Waals surface area contributed by atoms with Gasteiger partial charge >= 0.3 is 0 Å². The van der Waals surface area contributed by atoms with Crippen molar-refractivity contribution in [2.24, 2.45) is 0 Å². The first-order valence-corrected chi connectivity index (χ1v) is 7.00. The molecular weight excluding hydrogens is 240 g/mol. The lowest BCUT2D eigenvalue weighted by molar-refractivity contribution is 0.202. The lowest BCUT2D eigenvalue weighted by Crippen LogP contribution is -2.41. The maximum Gasteiger partial charge on any atom is 0.135 e. The SMILES string of the molecule is CCc1nc(NC)c(C)c(NC(CC)(CC)CO)n1. The van der Waals surface area contributed by atoms with Gasteiger partial charge in [-0.05, 0) is 19.8 Å². The molecular formula is C14H26N4O. The molecule has 0 aliphatic carbocycles. The number of nitrogens with zero attached hydrogens (tertiary/aromatic N) is 2. The van der Waals surface area contributed by atoms with Gasteiger partial charge in [-0.2, -0.15) is 0 Å². The highest BCUT2D eigenvalue weighted by molar-refractivity contribution is 5.58. The first-order chi connectivity index (χ1) is 9.05. The van der Waals surface area contributed by atoms with E-state index in [1.54, 1.807) is 0 Å². The van der Waals surface area contributed by atoms with Gasteiger partial charge in [0.2, 0.25) is 0 Å². The molecule has 0 saturated carbocycles. The van der Waals surface area contributed by atoms with Crippen molar-refractivity contribution in [3.8, 4) is 0 Å². The van der Waals surface area contributed by atoms with Crippen molar-refractivity contribution in [1.29, 1.82) is 0 Å². The number of nitrogens with one attached hydrogen (secondary N) is 2. The van der Waals surface area contributed by atoms with Crippen LogP contribution in [0.1, 0.15) is 45.0 Å². The molecule has 1 aromatic rings. The van der Waals surface area contributed by atoms with E-state index in [0.717, 1.165) is 42.3 Å². The molecule has 1 aromatic heterocycles. The van der Waals surface area contributed by atoms with Crippen LogP contribution in [0.25, 0.3) is 0 Å². The quantitative estimate of drug-likeness (QED) is 0.706. The first kappa shape index (κ1) is 15.7. The Labute approximate surface area is 115 Å². The highest BCUT2D eigenvalue weighted by Gasteiger charge is 2.26. The average molecular weight is 266 g/mol. The number of hydrogen-bond acceptors (Lipinski definition) is 5. The number of aliphatic hydroxyl groups is 1. The van der Waals surface area contributed by atoms with Crippen LogP contribution < -0.4 is 10.6 Å². The van der Waals surface area contributed by atoms with Crippen LogP contribution in [0.4, 0.5) is 11.6 Å². The van der Waals surface area contributed by atoms with Crippen molar-refractivity contribution in [2.45, 2.75) is 52.5 Å². The van der Waals surface area contributed by atoms with Crippen LogP contribution in [0.15, 0.2) is 0 Å². The van der Waals surface area contributed by atoms with Gasteiger partial charge in [0.1, 0.15) is 17.5 Å². The van der Waals surface area contributed by atoms with Crippen molar-refractivity contribution in [3.63, 3.8) is 0 Å². The van der Waals surface area contributed by atoms with Crippen LogP contribution in [0, 0.1) is 6.92 Å². The largest absolute Gasteiger partial charge is 0.394 e. The van der Waals surface area contributed by atoms with Crippen molar-refractivity contribution in [1.82, 2.24) is 9.97 Å². The average Bonchev–Trinajstić information content (AvgIpc) is 2.46. The third kappa shape index (κ3) is 3.35. The van der Waals surface area contributed by atoms with Crippen LogP contribution in [0.3, 0.4) is 0 Å². The molecule has 0 fully saturated rings. The number of aliphatic hydroxyl groups excluding tert-OH is 1. The minimum atomic E-state index is -0.310. The van der Waals surface area contributed by atoms with Gasteiger partial charge in [-0.15, -0.1) is 0 Å². The Morgan fingerprint density at radius 2 is 1.68 bits per heavy atom. The van der Waals surface area contributed by atoms with Gasteiger partial charge in [-0.25, -0.2) is 9.97 Å². The molecule has 0 aliphatic heterocycles. The summed E-state index contributed by atoms with van der Waals surface area (Å²) in [5.74, 6) is 2.46. The molecule has 3 N–H and O–H groups in total. The molecule has 108 valence electrons. The van der Waals surface area contributed by atoms with E-state index >= 15 is 0 Å². The fraction of sp³-hybridized carbons (Fsp3) is 0.714. The van der Waals surface area contributed by atoms with E-state index in [-0.39, 0.29) is 12.1 Å². The number of aryl methyl sites for hydroxylation is 1. The Bertz CT molecular complexity index is 408. The molecule has 1 rings (SSSR count). The summed E-state index contributed by atoms with van der Waals surface area (Å²) in [6.07, 6.45) is 2.48. The third-order valence-corrected chi connectivity index (χ3v) is 3.78.